The fraction of sp³-hybridized carbons (Fsp3) is 0.143. The smallest absolute Gasteiger partial charge is 0.263 e. The topological polar surface area (TPSA) is 73.9 Å². The molecule has 6 nitrogen and oxygen atoms in total. The van der Waals surface area contributed by atoms with Crippen LogP contribution in [-0.4, -0.2) is 22.3 Å². The van der Waals surface area contributed by atoms with E-state index in [1.807, 2.05) is 0 Å². The molecule has 22 heavy (non-hydrogen) atoms. The third-order valence-electron chi connectivity index (χ3n) is 3.05. The standard InChI is InChI=1S/C14H12ClNO5S/c1-19-10-3-5-14(11(15)7-10)22(17,18)16-9-2-4-12-13(6-9)21-8-20-12/h2-7,16H,8H2,1H3. The van der Waals surface area contributed by atoms with Crippen LogP contribution < -0.4 is 18.9 Å². The molecule has 0 bridgehead atoms. The Balaban J connectivity index is 1.90. The fourth-order valence-corrected chi connectivity index (χ4v) is 3.58. The molecule has 0 fully saturated rings. The highest BCUT2D eigenvalue weighted by atomic mass is 35.5. The van der Waals surface area contributed by atoms with Crippen molar-refractivity contribution in [1.82, 2.24) is 0 Å². The number of benzene rings is 2. The van der Waals surface area contributed by atoms with Gasteiger partial charge in [0.05, 0.1) is 17.8 Å². The quantitative estimate of drug-likeness (QED) is 0.925. The van der Waals surface area contributed by atoms with E-state index >= 15 is 0 Å². The van der Waals surface area contributed by atoms with Crippen molar-refractivity contribution in [2.75, 3.05) is 18.6 Å². The third kappa shape index (κ3) is 2.77. The van der Waals surface area contributed by atoms with E-state index in [1.54, 1.807) is 18.2 Å². The van der Waals surface area contributed by atoms with Crippen LogP contribution >= 0.6 is 11.6 Å². The molecule has 0 amide bonds. The first kappa shape index (κ1) is 14.8. The lowest BCUT2D eigenvalue weighted by Gasteiger charge is -2.11. The van der Waals surface area contributed by atoms with Gasteiger partial charge in [0.15, 0.2) is 11.5 Å². The Labute approximate surface area is 132 Å². The average molecular weight is 342 g/mol. The summed E-state index contributed by atoms with van der Waals surface area (Å²) >= 11 is 6.01. The van der Waals surface area contributed by atoms with E-state index in [0.717, 1.165) is 0 Å². The number of anilines is 1. The molecule has 0 spiro atoms. The molecule has 1 heterocycles. The monoisotopic (exact) mass is 341 g/mol. The van der Waals surface area contributed by atoms with E-state index in [1.165, 1.54) is 25.3 Å². The van der Waals surface area contributed by atoms with E-state index in [0.29, 0.717) is 22.9 Å². The van der Waals surface area contributed by atoms with E-state index in [2.05, 4.69) is 4.72 Å². The van der Waals surface area contributed by atoms with E-state index in [9.17, 15) is 8.42 Å². The Morgan fingerprint density at radius 2 is 1.91 bits per heavy atom. The molecule has 1 N–H and O–H groups in total. The molecule has 0 atom stereocenters. The normalized spacial score (nSPS) is 13.0. The van der Waals surface area contributed by atoms with Crippen LogP contribution in [0.1, 0.15) is 0 Å². The molecule has 3 rings (SSSR count). The predicted octanol–water partition coefficient (Wildman–Crippen LogP) is 2.88. The van der Waals surface area contributed by atoms with Gasteiger partial charge in [0.25, 0.3) is 10.0 Å². The summed E-state index contributed by atoms with van der Waals surface area (Å²) in [6.07, 6.45) is 0. The second-order valence-corrected chi connectivity index (χ2v) is 6.53. The summed E-state index contributed by atoms with van der Waals surface area (Å²) < 4.78 is 42.7. The first-order valence-corrected chi connectivity index (χ1v) is 8.12. The number of fused-ring (bicyclic) bond motifs is 1. The SMILES string of the molecule is COc1ccc(S(=O)(=O)Nc2ccc3c(c2)OCO3)c(Cl)c1. The highest BCUT2D eigenvalue weighted by Gasteiger charge is 2.20. The number of halogens is 1. The van der Waals surface area contributed by atoms with Gasteiger partial charge in [-0.15, -0.1) is 0 Å². The second-order valence-electron chi connectivity index (χ2n) is 4.47. The van der Waals surface area contributed by atoms with Gasteiger partial charge in [0.1, 0.15) is 10.6 Å². The molecule has 0 aromatic heterocycles. The Kier molecular flexibility index (Phi) is 3.76. The molecular weight excluding hydrogens is 330 g/mol. The number of methoxy groups -OCH3 is 1. The summed E-state index contributed by atoms with van der Waals surface area (Å²) in [6.45, 7) is 0.121. The van der Waals surface area contributed by atoms with E-state index < -0.39 is 10.0 Å². The number of sulfonamides is 1. The number of hydrogen-bond donors (Lipinski definition) is 1. The van der Waals surface area contributed by atoms with Crippen molar-refractivity contribution >= 4 is 27.3 Å². The van der Waals surface area contributed by atoms with Crippen LogP contribution in [0.4, 0.5) is 5.69 Å². The molecule has 2 aromatic carbocycles. The van der Waals surface area contributed by atoms with E-state index in [-0.39, 0.29) is 16.7 Å². The van der Waals surface area contributed by atoms with Gasteiger partial charge >= 0.3 is 0 Å². The Morgan fingerprint density at radius 1 is 1.14 bits per heavy atom. The van der Waals surface area contributed by atoms with Gasteiger partial charge in [-0.25, -0.2) is 8.42 Å². The minimum atomic E-state index is -3.82. The molecule has 0 unspecified atom stereocenters. The van der Waals surface area contributed by atoms with Gasteiger partial charge in [0, 0.05) is 12.1 Å². The van der Waals surface area contributed by atoms with Crippen LogP contribution in [-0.2, 0) is 10.0 Å². The number of rotatable bonds is 4. The Morgan fingerprint density at radius 3 is 2.64 bits per heavy atom. The number of nitrogens with one attached hydrogen (secondary N) is 1. The van der Waals surface area contributed by atoms with Gasteiger partial charge in [-0.1, -0.05) is 11.6 Å². The highest BCUT2D eigenvalue weighted by Crippen LogP contribution is 2.35. The summed E-state index contributed by atoms with van der Waals surface area (Å²) in [5.74, 6) is 1.54. The summed E-state index contributed by atoms with van der Waals surface area (Å²) in [5, 5.41) is 0.0765. The van der Waals surface area contributed by atoms with Crippen molar-refractivity contribution < 1.29 is 22.6 Å². The first-order chi connectivity index (χ1) is 10.5. The fourth-order valence-electron chi connectivity index (χ4n) is 2.00. The molecule has 116 valence electrons. The van der Waals surface area contributed by atoms with Gasteiger partial charge in [-0.3, -0.25) is 4.72 Å². The lowest BCUT2D eigenvalue weighted by molar-refractivity contribution is 0.174. The molecule has 1 aliphatic rings. The maximum atomic E-state index is 12.4. The lowest BCUT2D eigenvalue weighted by Crippen LogP contribution is -2.13. The summed E-state index contributed by atoms with van der Waals surface area (Å²) in [5.41, 5.74) is 0.358. The third-order valence-corrected chi connectivity index (χ3v) is 4.92. The molecule has 0 aliphatic carbocycles. The van der Waals surface area contributed by atoms with Crippen molar-refractivity contribution in [3.05, 3.63) is 41.4 Å². The molecule has 8 heteroatoms. The molecule has 0 saturated heterocycles. The summed E-state index contributed by atoms with van der Waals surface area (Å²) in [4.78, 5) is -0.0346. The van der Waals surface area contributed by atoms with Crippen LogP contribution in [0.25, 0.3) is 0 Å². The van der Waals surface area contributed by atoms with Crippen LogP contribution in [0.15, 0.2) is 41.3 Å². The highest BCUT2D eigenvalue weighted by molar-refractivity contribution is 7.92. The lowest BCUT2D eigenvalue weighted by atomic mass is 10.3. The summed E-state index contributed by atoms with van der Waals surface area (Å²) in [7, 11) is -2.34. The van der Waals surface area contributed by atoms with Crippen LogP contribution in [0.5, 0.6) is 17.2 Å². The maximum Gasteiger partial charge on any atom is 0.263 e. The average Bonchev–Trinajstić information content (AvgIpc) is 2.93. The summed E-state index contributed by atoms with van der Waals surface area (Å²) in [6, 6.07) is 9.13. The molecule has 0 saturated carbocycles. The van der Waals surface area contributed by atoms with E-state index in [4.69, 9.17) is 25.8 Å². The molecule has 1 aliphatic heterocycles. The van der Waals surface area contributed by atoms with Crippen molar-refractivity contribution in [3.8, 4) is 17.2 Å². The number of hydrogen-bond acceptors (Lipinski definition) is 5. The zero-order chi connectivity index (χ0) is 15.7. The second kappa shape index (κ2) is 5.58. The zero-order valence-electron chi connectivity index (χ0n) is 11.5. The van der Waals surface area contributed by atoms with Crippen LogP contribution in [0.3, 0.4) is 0 Å². The van der Waals surface area contributed by atoms with Crippen molar-refractivity contribution in [3.63, 3.8) is 0 Å². The largest absolute Gasteiger partial charge is 0.497 e. The first-order valence-electron chi connectivity index (χ1n) is 6.25. The van der Waals surface area contributed by atoms with Crippen molar-refractivity contribution in [2.24, 2.45) is 0 Å². The van der Waals surface area contributed by atoms with Crippen LogP contribution in [0, 0.1) is 0 Å². The molecular formula is C14H12ClNO5S. The van der Waals surface area contributed by atoms with Gasteiger partial charge in [-0.2, -0.15) is 0 Å². The maximum absolute atomic E-state index is 12.4. The Hall–Kier alpha value is -2.12. The molecule has 0 radical (unpaired) electrons. The Bertz CT molecular complexity index is 822. The van der Waals surface area contributed by atoms with Gasteiger partial charge in [-0.05, 0) is 24.3 Å². The minimum absolute atomic E-state index is 0.0346. The molecule has 2 aromatic rings. The van der Waals surface area contributed by atoms with Crippen LogP contribution in [0.2, 0.25) is 5.02 Å². The predicted molar refractivity (Wildman–Crippen MR) is 81.4 cm³/mol. The number of ether oxygens (including phenoxy) is 3. The minimum Gasteiger partial charge on any atom is -0.497 e. The van der Waals surface area contributed by atoms with Crippen molar-refractivity contribution in [1.29, 1.82) is 0 Å². The van der Waals surface area contributed by atoms with Crippen molar-refractivity contribution in [2.45, 2.75) is 4.90 Å². The van der Waals surface area contributed by atoms with Gasteiger partial charge in [0.2, 0.25) is 6.79 Å². The zero-order valence-corrected chi connectivity index (χ0v) is 13.1. The van der Waals surface area contributed by atoms with Gasteiger partial charge < -0.3 is 14.2 Å².